The van der Waals surface area contributed by atoms with E-state index in [0.29, 0.717) is 17.1 Å². The van der Waals surface area contributed by atoms with Crippen LogP contribution in [0.4, 0.5) is 0 Å². The van der Waals surface area contributed by atoms with E-state index in [-0.39, 0.29) is 0 Å². The topological polar surface area (TPSA) is 12.5 Å². The molecule has 1 aliphatic carbocycles. The third-order valence-electron chi connectivity index (χ3n) is 3.10. The summed E-state index contributed by atoms with van der Waals surface area (Å²) < 4.78 is 5.70. The monoisotopic (exact) mass is 140 g/mol. The Kier molecular flexibility index (Phi) is 1.05. The summed E-state index contributed by atoms with van der Waals surface area (Å²) in [5.41, 5.74) is 0.668. The van der Waals surface area contributed by atoms with Crippen molar-refractivity contribution >= 4 is 0 Å². The van der Waals surface area contributed by atoms with Crippen LogP contribution in [0.15, 0.2) is 0 Å². The van der Waals surface area contributed by atoms with Crippen molar-refractivity contribution in [2.24, 2.45) is 5.41 Å². The first-order valence-corrected chi connectivity index (χ1v) is 4.24. The van der Waals surface area contributed by atoms with E-state index in [1.165, 1.54) is 19.3 Å². The molecule has 2 rings (SSSR count). The maximum atomic E-state index is 5.70. The van der Waals surface area contributed by atoms with Crippen molar-refractivity contribution in [1.82, 2.24) is 0 Å². The SMILES string of the molecule is CC(C)(C)[C@@]12CCC[C@@H]1O2. The largest absolute Gasteiger partial charge is 0.365 e. The highest BCUT2D eigenvalue weighted by Gasteiger charge is 2.65. The third kappa shape index (κ3) is 0.619. The molecule has 58 valence electrons. The lowest BCUT2D eigenvalue weighted by molar-refractivity contribution is 0.137. The highest BCUT2D eigenvalue weighted by molar-refractivity contribution is 5.13. The van der Waals surface area contributed by atoms with Crippen LogP contribution >= 0.6 is 0 Å². The van der Waals surface area contributed by atoms with Crippen LogP contribution in [0.3, 0.4) is 0 Å². The van der Waals surface area contributed by atoms with Gasteiger partial charge in [0.2, 0.25) is 0 Å². The summed E-state index contributed by atoms with van der Waals surface area (Å²) in [5, 5.41) is 0. The van der Waals surface area contributed by atoms with Crippen LogP contribution < -0.4 is 0 Å². The maximum absolute atomic E-state index is 5.70. The van der Waals surface area contributed by atoms with E-state index in [1.807, 2.05) is 0 Å². The zero-order chi connectivity index (χ0) is 7.41. The molecule has 1 heterocycles. The molecule has 0 N–H and O–H groups in total. The second kappa shape index (κ2) is 1.58. The Morgan fingerprint density at radius 2 is 2.10 bits per heavy atom. The van der Waals surface area contributed by atoms with Gasteiger partial charge < -0.3 is 4.74 Å². The lowest BCUT2D eigenvalue weighted by Crippen LogP contribution is -2.29. The Morgan fingerprint density at radius 3 is 2.30 bits per heavy atom. The number of hydrogen-bond acceptors (Lipinski definition) is 1. The fourth-order valence-electron chi connectivity index (χ4n) is 2.32. The van der Waals surface area contributed by atoms with Crippen LogP contribution in [0.25, 0.3) is 0 Å². The summed E-state index contributed by atoms with van der Waals surface area (Å²) in [6.07, 6.45) is 4.59. The number of hydrogen-bond donors (Lipinski definition) is 0. The molecule has 2 aliphatic rings. The van der Waals surface area contributed by atoms with E-state index >= 15 is 0 Å². The molecule has 0 aromatic carbocycles. The van der Waals surface area contributed by atoms with Gasteiger partial charge in [0.1, 0.15) is 0 Å². The molecule has 0 spiro atoms. The number of ether oxygens (including phenoxy) is 1. The molecular formula is C9H16O. The fraction of sp³-hybridized carbons (Fsp3) is 1.00. The van der Waals surface area contributed by atoms with E-state index in [9.17, 15) is 0 Å². The summed E-state index contributed by atoms with van der Waals surface area (Å²) in [5.74, 6) is 0. The van der Waals surface area contributed by atoms with Gasteiger partial charge in [-0.3, -0.25) is 0 Å². The molecule has 0 aromatic heterocycles. The molecule has 1 saturated heterocycles. The molecule has 2 atom stereocenters. The van der Waals surface area contributed by atoms with Gasteiger partial charge in [-0.2, -0.15) is 0 Å². The summed E-state index contributed by atoms with van der Waals surface area (Å²) in [6.45, 7) is 6.87. The van der Waals surface area contributed by atoms with Gasteiger partial charge in [0.25, 0.3) is 0 Å². The molecule has 10 heavy (non-hydrogen) atoms. The smallest absolute Gasteiger partial charge is 0.0996 e. The quantitative estimate of drug-likeness (QED) is 0.470. The van der Waals surface area contributed by atoms with Crippen molar-refractivity contribution in [3.05, 3.63) is 0 Å². The molecule has 0 radical (unpaired) electrons. The Bertz CT molecular complexity index is 157. The summed E-state index contributed by atoms with van der Waals surface area (Å²) in [7, 11) is 0. The minimum atomic E-state index is 0.299. The first-order valence-electron chi connectivity index (χ1n) is 4.24. The normalized spacial score (nSPS) is 45.3. The van der Waals surface area contributed by atoms with Gasteiger partial charge >= 0.3 is 0 Å². The minimum absolute atomic E-state index is 0.299. The van der Waals surface area contributed by atoms with Crippen molar-refractivity contribution in [1.29, 1.82) is 0 Å². The minimum Gasteiger partial charge on any atom is -0.365 e. The maximum Gasteiger partial charge on any atom is 0.0996 e. The molecule has 0 bridgehead atoms. The van der Waals surface area contributed by atoms with Crippen molar-refractivity contribution in [3.63, 3.8) is 0 Å². The second-order valence-electron chi connectivity index (χ2n) is 4.64. The van der Waals surface area contributed by atoms with Gasteiger partial charge in [0, 0.05) is 0 Å². The van der Waals surface area contributed by atoms with E-state index in [4.69, 9.17) is 4.74 Å². The van der Waals surface area contributed by atoms with E-state index in [2.05, 4.69) is 20.8 Å². The summed E-state index contributed by atoms with van der Waals surface area (Å²) in [6, 6.07) is 0. The van der Waals surface area contributed by atoms with Gasteiger partial charge in [0.05, 0.1) is 11.7 Å². The van der Waals surface area contributed by atoms with Gasteiger partial charge in [-0.15, -0.1) is 0 Å². The van der Waals surface area contributed by atoms with Crippen LogP contribution in [0, 0.1) is 5.41 Å². The molecule has 2 fully saturated rings. The highest BCUT2D eigenvalue weighted by atomic mass is 16.6. The van der Waals surface area contributed by atoms with Crippen LogP contribution in [0.1, 0.15) is 40.0 Å². The van der Waals surface area contributed by atoms with Crippen molar-refractivity contribution in [2.45, 2.75) is 51.7 Å². The average molecular weight is 140 g/mol. The third-order valence-corrected chi connectivity index (χ3v) is 3.10. The van der Waals surface area contributed by atoms with Gasteiger partial charge in [-0.1, -0.05) is 20.8 Å². The zero-order valence-corrected chi connectivity index (χ0v) is 7.11. The van der Waals surface area contributed by atoms with Crippen molar-refractivity contribution in [3.8, 4) is 0 Å². The lowest BCUT2D eigenvalue weighted by atomic mass is 9.79. The van der Waals surface area contributed by atoms with Gasteiger partial charge in [0.15, 0.2) is 0 Å². The lowest BCUT2D eigenvalue weighted by Gasteiger charge is -2.25. The van der Waals surface area contributed by atoms with Crippen LogP contribution in [0.2, 0.25) is 0 Å². The standard InChI is InChI=1S/C9H16O/c1-8(2,3)9-6-4-5-7(9)10-9/h7H,4-6H2,1-3H3/t7-,9+/m0/s1. The summed E-state index contributed by atoms with van der Waals surface area (Å²) in [4.78, 5) is 0. The molecule has 0 unspecified atom stereocenters. The van der Waals surface area contributed by atoms with Crippen LogP contribution in [-0.2, 0) is 4.74 Å². The number of fused-ring (bicyclic) bond motifs is 1. The van der Waals surface area contributed by atoms with Crippen LogP contribution in [-0.4, -0.2) is 11.7 Å². The Labute approximate surface area is 62.8 Å². The van der Waals surface area contributed by atoms with E-state index < -0.39 is 0 Å². The first kappa shape index (κ1) is 6.66. The second-order valence-corrected chi connectivity index (χ2v) is 4.64. The van der Waals surface area contributed by atoms with Crippen LogP contribution in [0.5, 0.6) is 0 Å². The predicted molar refractivity (Wildman–Crippen MR) is 40.9 cm³/mol. The predicted octanol–water partition coefficient (Wildman–Crippen LogP) is 2.35. The number of rotatable bonds is 0. The molecule has 1 saturated carbocycles. The zero-order valence-electron chi connectivity index (χ0n) is 7.11. The van der Waals surface area contributed by atoms with Crippen molar-refractivity contribution in [2.75, 3.05) is 0 Å². The van der Waals surface area contributed by atoms with E-state index in [0.717, 1.165) is 0 Å². The molecule has 1 nitrogen and oxygen atoms in total. The fourth-order valence-corrected chi connectivity index (χ4v) is 2.32. The van der Waals surface area contributed by atoms with Gasteiger partial charge in [-0.05, 0) is 24.7 Å². The Morgan fingerprint density at radius 1 is 1.40 bits per heavy atom. The average Bonchev–Trinajstić information content (AvgIpc) is 2.36. The highest BCUT2D eigenvalue weighted by Crippen LogP contribution is 2.59. The molecule has 1 aliphatic heterocycles. The first-order chi connectivity index (χ1) is 4.56. The Balaban J connectivity index is 2.18. The molecule has 0 amide bonds. The van der Waals surface area contributed by atoms with Gasteiger partial charge in [-0.25, -0.2) is 0 Å². The molecule has 0 aromatic rings. The summed E-state index contributed by atoms with van der Waals surface area (Å²) >= 11 is 0. The van der Waals surface area contributed by atoms with E-state index in [1.54, 1.807) is 0 Å². The Hall–Kier alpha value is -0.0400. The number of epoxide rings is 1. The van der Waals surface area contributed by atoms with Crippen molar-refractivity contribution < 1.29 is 4.74 Å². The molecular weight excluding hydrogens is 124 g/mol. The molecule has 1 heteroatoms.